The average molecular weight is 364 g/mol. The maximum absolute atomic E-state index is 13.3. The summed E-state index contributed by atoms with van der Waals surface area (Å²) in [4.78, 5) is 33.7. The number of aryl methyl sites for hydroxylation is 1. The highest BCUT2D eigenvalue weighted by Gasteiger charge is 2.59. The summed E-state index contributed by atoms with van der Waals surface area (Å²) in [6.45, 7) is 6.19. The van der Waals surface area contributed by atoms with Gasteiger partial charge in [-0.2, -0.15) is 0 Å². The van der Waals surface area contributed by atoms with E-state index in [1.807, 2.05) is 55.5 Å². The summed E-state index contributed by atoms with van der Waals surface area (Å²) in [5.41, 5.74) is 2.51. The van der Waals surface area contributed by atoms with Gasteiger partial charge in [0.25, 0.3) is 5.91 Å². The highest BCUT2D eigenvalue weighted by Crippen LogP contribution is 2.42. The Morgan fingerprint density at radius 1 is 0.963 bits per heavy atom. The Balaban J connectivity index is 1.70. The first-order chi connectivity index (χ1) is 13.0. The zero-order chi connectivity index (χ0) is 19.1. The number of carbonyl (C=O) groups is 2. The van der Waals surface area contributed by atoms with Gasteiger partial charge in [-0.3, -0.25) is 14.4 Å². The first-order valence-electron chi connectivity index (χ1n) is 9.43. The van der Waals surface area contributed by atoms with Crippen LogP contribution in [0, 0.1) is 18.8 Å². The van der Waals surface area contributed by atoms with Gasteiger partial charge in [-0.25, -0.2) is 9.96 Å². The Hall–Kier alpha value is -2.66. The van der Waals surface area contributed by atoms with Crippen molar-refractivity contribution in [1.29, 1.82) is 0 Å². The van der Waals surface area contributed by atoms with E-state index in [0.29, 0.717) is 11.6 Å². The van der Waals surface area contributed by atoms with Crippen molar-refractivity contribution in [2.45, 2.75) is 39.3 Å². The summed E-state index contributed by atoms with van der Waals surface area (Å²) < 4.78 is 0. The van der Waals surface area contributed by atoms with E-state index in [2.05, 4.69) is 13.8 Å². The molecule has 0 aliphatic carbocycles. The number of hydrogen-bond acceptors (Lipinski definition) is 4. The van der Waals surface area contributed by atoms with E-state index in [-0.39, 0.29) is 17.9 Å². The Bertz CT molecular complexity index is 865. The number of para-hydroxylation sites is 1. The molecule has 2 saturated heterocycles. The predicted molar refractivity (Wildman–Crippen MR) is 104 cm³/mol. The molecule has 0 N–H and O–H groups in total. The zero-order valence-electron chi connectivity index (χ0n) is 15.8. The summed E-state index contributed by atoms with van der Waals surface area (Å²) in [5, 5.41) is 1.78. The molecule has 5 nitrogen and oxygen atoms in total. The van der Waals surface area contributed by atoms with Crippen LogP contribution in [0.5, 0.6) is 0 Å². The van der Waals surface area contributed by atoms with Crippen molar-refractivity contribution < 1.29 is 14.4 Å². The quantitative estimate of drug-likeness (QED) is 0.776. The van der Waals surface area contributed by atoms with Crippen molar-refractivity contribution in [3.8, 4) is 0 Å². The van der Waals surface area contributed by atoms with Crippen molar-refractivity contribution in [2.75, 3.05) is 9.96 Å². The second-order valence-electron chi connectivity index (χ2n) is 7.76. The molecule has 140 valence electrons. The van der Waals surface area contributed by atoms with Gasteiger partial charge < -0.3 is 0 Å². The topological polar surface area (TPSA) is 49.9 Å². The molecule has 0 aromatic heterocycles. The van der Waals surface area contributed by atoms with Crippen LogP contribution in [0.4, 0.5) is 11.4 Å². The average Bonchev–Trinajstić information content (AvgIpc) is 3.12. The molecule has 2 aromatic rings. The predicted octanol–water partition coefficient (Wildman–Crippen LogP) is 3.72. The largest absolute Gasteiger partial charge is 0.273 e. The maximum Gasteiger partial charge on any atom is 0.266 e. The second kappa shape index (κ2) is 6.82. The highest BCUT2D eigenvalue weighted by molar-refractivity contribution is 6.23. The first-order valence-corrected chi connectivity index (χ1v) is 9.43. The number of benzene rings is 2. The third-order valence-electron chi connectivity index (χ3n) is 5.22. The molecule has 0 radical (unpaired) electrons. The third-order valence-corrected chi connectivity index (χ3v) is 5.22. The van der Waals surface area contributed by atoms with E-state index in [1.165, 1.54) is 4.90 Å². The molecule has 27 heavy (non-hydrogen) atoms. The first kappa shape index (κ1) is 17.7. The number of nitrogens with zero attached hydrogens (tertiary/aromatic N) is 2. The fourth-order valence-electron chi connectivity index (χ4n) is 4.07. The number of amides is 2. The third kappa shape index (κ3) is 3.02. The Morgan fingerprint density at radius 2 is 1.67 bits per heavy atom. The molecule has 0 saturated carbocycles. The van der Waals surface area contributed by atoms with Gasteiger partial charge in [-0.1, -0.05) is 44.2 Å². The summed E-state index contributed by atoms with van der Waals surface area (Å²) in [5.74, 6) is -0.553. The molecule has 4 rings (SSSR count). The van der Waals surface area contributed by atoms with Gasteiger partial charge in [0.1, 0.15) is 0 Å². The van der Waals surface area contributed by atoms with Crippen molar-refractivity contribution in [3.05, 3.63) is 60.2 Å². The van der Waals surface area contributed by atoms with Gasteiger partial charge in [0, 0.05) is 0 Å². The van der Waals surface area contributed by atoms with Gasteiger partial charge in [0.15, 0.2) is 6.10 Å². The lowest BCUT2D eigenvalue weighted by atomic mass is 9.90. The van der Waals surface area contributed by atoms with Crippen LogP contribution in [0.3, 0.4) is 0 Å². The van der Waals surface area contributed by atoms with Gasteiger partial charge in [0.2, 0.25) is 5.91 Å². The summed E-state index contributed by atoms with van der Waals surface area (Å²) >= 11 is 0. The molecule has 2 aliphatic rings. The van der Waals surface area contributed by atoms with Crippen LogP contribution in [0.25, 0.3) is 0 Å². The lowest BCUT2D eigenvalue weighted by molar-refractivity contribution is -0.126. The molecule has 0 bridgehead atoms. The van der Waals surface area contributed by atoms with E-state index >= 15 is 0 Å². The molecule has 2 aliphatic heterocycles. The minimum Gasteiger partial charge on any atom is -0.273 e. The number of hydrogen-bond donors (Lipinski definition) is 0. The lowest BCUT2D eigenvalue weighted by Crippen LogP contribution is -2.41. The van der Waals surface area contributed by atoms with Gasteiger partial charge in [0.05, 0.1) is 23.3 Å². The van der Waals surface area contributed by atoms with Gasteiger partial charge in [-0.05, 0) is 49.1 Å². The van der Waals surface area contributed by atoms with Crippen molar-refractivity contribution >= 4 is 23.2 Å². The molecule has 2 heterocycles. The van der Waals surface area contributed by atoms with E-state index < -0.39 is 12.0 Å². The number of anilines is 2. The molecule has 5 heteroatoms. The maximum atomic E-state index is 13.3. The van der Waals surface area contributed by atoms with E-state index in [0.717, 1.165) is 17.7 Å². The summed E-state index contributed by atoms with van der Waals surface area (Å²) in [7, 11) is 0. The molecule has 3 atom stereocenters. The van der Waals surface area contributed by atoms with Crippen LogP contribution < -0.4 is 9.96 Å². The summed E-state index contributed by atoms with van der Waals surface area (Å²) in [6.07, 6.45) is 0.0125. The van der Waals surface area contributed by atoms with Crippen LogP contribution in [-0.2, 0) is 14.4 Å². The van der Waals surface area contributed by atoms with E-state index in [9.17, 15) is 9.59 Å². The van der Waals surface area contributed by atoms with E-state index in [4.69, 9.17) is 4.84 Å². The molecule has 0 spiro atoms. The molecular formula is C22H24N2O3. The highest BCUT2D eigenvalue weighted by atomic mass is 16.7. The fourth-order valence-corrected chi connectivity index (χ4v) is 4.07. The van der Waals surface area contributed by atoms with Gasteiger partial charge >= 0.3 is 0 Å². The van der Waals surface area contributed by atoms with Crippen LogP contribution in [-0.4, -0.2) is 24.0 Å². The molecular weight excluding hydrogens is 340 g/mol. The zero-order valence-corrected chi connectivity index (χ0v) is 15.8. The number of fused-ring (bicyclic) bond motifs is 1. The molecule has 2 aromatic carbocycles. The summed E-state index contributed by atoms with van der Waals surface area (Å²) in [6, 6.07) is 17.0. The van der Waals surface area contributed by atoms with Crippen molar-refractivity contribution in [2.24, 2.45) is 11.8 Å². The second-order valence-corrected chi connectivity index (χ2v) is 7.76. The number of hydroxylamine groups is 1. The smallest absolute Gasteiger partial charge is 0.266 e. The minimum absolute atomic E-state index is 0.163. The molecule has 2 amide bonds. The van der Waals surface area contributed by atoms with E-state index in [1.54, 1.807) is 11.1 Å². The Kier molecular flexibility index (Phi) is 4.48. The van der Waals surface area contributed by atoms with Crippen molar-refractivity contribution in [3.63, 3.8) is 0 Å². The van der Waals surface area contributed by atoms with Crippen LogP contribution in [0.15, 0.2) is 54.6 Å². The Morgan fingerprint density at radius 3 is 2.33 bits per heavy atom. The van der Waals surface area contributed by atoms with Crippen molar-refractivity contribution in [1.82, 2.24) is 0 Å². The SMILES string of the molecule is Cc1cccc(N2C(=O)[C@H]3[C@H](ON(c4ccccc4)[C@H]3CC(C)C)C2=O)c1. The minimum atomic E-state index is -0.762. The number of imide groups is 1. The Labute approximate surface area is 159 Å². The number of carbonyl (C=O) groups excluding carboxylic acids is 2. The fraction of sp³-hybridized carbons (Fsp3) is 0.364. The van der Waals surface area contributed by atoms with Crippen LogP contribution >= 0.6 is 0 Å². The molecule has 2 fully saturated rings. The normalized spacial score (nSPS) is 24.8. The van der Waals surface area contributed by atoms with Crippen LogP contribution in [0.1, 0.15) is 25.8 Å². The standard InChI is InChI=1S/C22H24N2O3/c1-14(2)12-18-19-20(27-24(18)16-9-5-4-6-10-16)22(26)23(21(19)25)17-11-7-8-15(3)13-17/h4-11,13-14,18-20H,12H2,1-3H3/t18-,19+,20-/m0/s1. The van der Waals surface area contributed by atoms with Crippen LogP contribution in [0.2, 0.25) is 0 Å². The number of rotatable bonds is 4. The monoisotopic (exact) mass is 364 g/mol. The lowest BCUT2D eigenvalue weighted by Gasteiger charge is -2.29. The van der Waals surface area contributed by atoms with Gasteiger partial charge in [-0.15, -0.1) is 0 Å². The molecule has 0 unspecified atom stereocenters.